The van der Waals surface area contributed by atoms with E-state index in [1.54, 1.807) is 11.3 Å². The molecule has 0 saturated heterocycles. The van der Waals surface area contributed by atoms with Gasteiger partial charge >= 0.3 is 0 Å². The normalized spacial score (nSPS) is 11.3. The highest BCUT2D eigenvalue weighted by Gasteiger charge is 2.21. The molecule has 0 saturated carbocycles. The van der Waals surface area contributed by atoms with E-state index in [2.05, 4.69) is 40.1 Å². The topological polar surface area (TPSA) is 37.6 Å². The van der Waals surface area contributed by atoms with Crippen molar-refractivity contribution in [1.82, 2.24) is 4.98 Å². The van der Waals surface area contributed by atoms with Gasteiger partial charge in [0, 0.05) is 0 Å². The van der Waals surface area contributed by atoms with Gasteiger partial charge in [-0.25, -0.2) is 4.98 Å². The van der Waals surface area contributed by atoms with Gasteiger partial charge in [0.2, 0.25) is 5.91 Å². The molecule has 0 fully saturated rings. The predicted molar refractivity (Wildman–Crippen MR) is 109 cm³/mol. The standard InChI is InChI=1S/C21H25N3OS/c1-15-12-16(2)20-18(13-15)22-21(26-20)24(11-10-23(3)4)19(25)14-17-8-6-5-7-9-17/h5-9,12-13H,10-11,14H2,1-4H3/p+1. The van der Waals surface area contributed by atoms with E-state index >= 15 is 0 Å². The second kappa shape index (κ2) is 7.98. The maximum absolute atomic E-state index is 13.0. The van der Waals surface area contributed by atoms with Crippen molar-refractivity contribution in [3.63, 3.8) is 0 Å². The number of rotatable bonds is 6. The molecule has 3 rings (SSSR count). The van der Waals surface area contributed by atoms with E-state index in [9.17, 15) is 4.79 Å². The first kappa shape index (κ1) is 18.5. The van der Waals surface area contributed by atoms with Gasteiger partial charge < -0.3 is 4.90 Å². The Bertz CT molecular complexity index is 902. The third kappa shape index (κ3) is 4.29. The summed E-state index contributed by atoms with van der Waals surface area (Å²) in [5.41, 5.74) is 4.44. The maximum atomic E-state index is 13.0. The molecular weight excluding hydrogens is 342 g/mol. The highest BCUT2D eigenvalue weighted by atomic mass is 32.1. The van der Waals surface area contributed by atoms with E-state index in [0.29, 0.717) is 13.0 Å². The van der Waals surface area contributed by atoms with E-state index in [0.717, 1.165) is 22.8 Å². The van der Waals surface area contributed by atoms with Gasteiger partial charge in [-0.3, -0.25) is 9.69 Å². The van der Waals surface area contributed by atoms with Gasteiger partial charge in [-0.1, -0.05) is 47.7 Å². The zero-order chi connectivity index (χ0) is 18.7. The smallest absolute Gasteiger partial charge is 0.233 e. The molecule has 0 aliphatic carbocycles. The van der Waals surface area contributed by atoms with Crippen molar-refractivity contribution in [3.05, 3.63) is 59.2 Å². The molecule has 2 aromatic carbocycles. The molecule has 0 spiro atoms. The van der Waals surface area contributed by atoms with E-state index in [4.69, 9.17) is 4.98 Å². The number of hydrogen-bond acceptors (Lipinski definition) is 3. The summed E-state index contributed by atoms with van der Waals surface area (Å²) in [6, 6.07) is 14.2. The van der Waals surface area contributed by atoms with Gasteiger partial charge in [0.1, 0.15) is 0 Å². The summed E-state index contributed by atoms with van der Waals surface area (Å²) in [6.45, 7) is 5.75. The van der Waals surface area contributed by atoms with Crippen molar-refractivity contribution in [3.8, 4) is 0 Å². The molecule has 4 nitrogen and oxygen atoms in total. The molecule has 0 radical (unpaired) electrons. The van der Waals surface area contributed by atoms with Gasteiger partial charge in [0.25, 0.3) is 0 Å². The number of hydrogen-bond donors (Lipinski definition) is 1. The number of carbonyl (C=O) groups is 1. The zero-order valence-electron chi connectivity index (χ0n) is 15.9. The minimum Gasteiger partial charge on any atom is -0.338 e. The largest absolute Gasteiger partial charge is 0.338 e. The molecule has 5 heteroatoms. The van der Waals surface area contributed by atoms with Gasteiger partial charge in [-0.15, -0.1) is 0 Å². The van der Waals surface area contributed by atoms with Crippen LogP contribution in [0.1, 0.15) is 16.7 Å². The van der Waals surface area contributed by atoms with Crippen LogP contribution in [-0.2, 0) is 11.2 Å². The summed E-state index contributed by atoms with van der Waals surface area (Å²) in [5.74, 6) is 0.103. The Kier molecular flexibility index (Phi) is 5.69. The maximum Gasteiger partial charge on any atom is 0.233 e. The Labute approximate surface area is 159 Å². The number of anilines is 1. The van der Waals surface area contributed by atoms with Crippen LogP contribution < -0.4 is 9.80 Å². The highest BCUT2D eigenvalue weighted by molar-refractivity contribution is 7.22. The quantitative estimate of drug-likeness (QED) is 0.726. The fourth-order valence-electron chi connectivity index (χ4n) is 3.01. The Balaban J connectivity index is 1.92. The zero-order valence-corrected chi connectivity index (χ0v) is 16.7. The summed E-state index contributed by atoms with van der Waals surface area (Å²) < 4.78 is 1.17. The average molecular weight is 369 g/mol. The number of aromatic nitrogens is 1. The number of amides is 1. The molecule has 0 bridgehead atoms. The van der Waals surface area contributed by atoms with Crippen LogP contribution in [0.15, 0.2) is 42.5 Å². The van der Waals surface area contributed by atoms with Gasteiger partial charge in [-0.05, 0) is 36.6 Å². The van der Waals surface area contributed by atoms with E-state index in [-0.39, 0.29) is 5.91 Å². The van der Waals surface area contributed by atoms with Crippen molar-refractivity contribution in [2.24, 2.45) is 0 Å². The van der Waals surface area contributed by atoms with Crippen molar-refractivity contribution in [1.29, 1.82) is 0 Å². The van der Waals surface area contributed by atoms with Gasteiger partial charge in [0.15, 0.2) is 5.13 Å². The molecule has 136 valence electrons. The van der Waals surface area contributed by atoms with Crippen LogP contribution in [0.3, 0.4) is 0 Å². The highest BCUT2D eigenvalue weighted by Crippen LogP contribution is 2.32. The number of quaternary nitrogens is 1. The Morgan fingerprint density at radius 3 is 2.58 bits per heavy atom. The fraction of sp³-hybridized carbons (Fsp3) is 0.333. The summed E-state index contributed by atoms with van der Waals surface area (Å²) in [4.78, 5) is 21.0. The second-order valence-corrected chi connectivity index (χ2v) is 8.07. The monoisotopic (exact) mass is 368 g/mol. The van der Waals surface area contributed by atoms with Gasteiger partial charge in [-0.2, -0.15) is 0 Å². The Hall–Kier alpha value is -2.24. The van der Waals surface area contributed by atoms with E-state index < -0.39 is 0 Å². The van der Waals surface area contributed by atoms with Crippen molar-refractivity contribution in [2.45, 2.75) is 20.3 Å². The Morgan fingerprint density at radius 2 is 1.88 bits per heavy atom. The summed E-state index contributed by atoms with van der Waals surface area (Å²) in [5, 5.41) is 0.802. The fourth-order valence-corrected chi connectivity index (χ4v) is 4.07. The molecule has 0 unspecified atom stereocenters. The first-order valence-electron chi connectivity index (χ1n) is 8.95. The minimum absolute atomic E-state index is 0.103. The molecule has 1 N–H and O–H groups in total. The number of nitrogens with one attached hydrogen (secondary N) is 1. The molecule has 0 atom stereocenters. The number of likely N-dealkylation sites (N-methyl/N-ethyl adjacent to an activating group) is 1. The molecule has 1 heterocycles. The number of nitrogens with zero attached hydrogens (tertiary/aromatic N) is 2. The molecule has 1 amide bonds. The van der Waals surface area contributed by atoms with Crippen LogP contribution in [0.4, 0.5) is 5.13 Å². The predicted octanol–water partition coefficient (Wildman–Crippen LogP) is 2.63. The van der Waals surface area contributed by atoms with E-state index in [1.807, 2.05) is 35.2 Å². The van der Waals surface area contributed by atoms with Crippen LogP contribution >= 0.6 is 11.3 Å². The van der Waals surface area contributed by atoms with Crippen LogP contribution in [0.2, 0.25) is 0 Å². The molecule has 0 aliphatic heterocycles. The summed E-state index contributed by atoms with van der Waals surface area (Å²) >= 11 is 1.62. The first-order chi connectivity index (χ1) is 12.4. The van der Waals surface area contributed by atoms with Crippen molar-refractivity contribution in [2.75, 3.05) is 32.1 Å². The van der Waals surface area contributed by atoms with Crippen LogP contribution in [0.25, 0.3) is 10.2 Å². The van der Waals surface area contributed by atoms with Crippen molar-refractivity contribution >= 4 is 32.6 Å². The SMILES string of the molecule is Cc1cc(C)c2sc(N(CC[NH+](C)C)C(=O)Cc3ccccc3)nc2c1. The molecule has 3 aromatic rings. The second-order valence-electron chi connectivity index (χ2n) is 7.09. The molecule has 26 heavy (non-hydrogen) atoms. The number of thiazole rings is 1. The third-order valence-electron chi connectivity index (χ3n) is 4.37. The lowest BCUT2D eigenvalue weighted by Crippen LogP contribution is -3.06. The van der Waals surface area contributed by atoms with E-state index in [1.165, 1.54) is 20.7 Å². The molecule has 0 aliphatic rings. The first-order valence-corrected chi connectivity index (χ1v) is 9.77. The minimum atomic E-state index is 0.103. The van der Waals surface area contributed by atoms with Crippen molar-refractivity contribution < 1.29 is 9.69 Å². The number of benzene rings is 2. The lowest BCUT2D eigenvalue weighted by molar-refractivity contribution is -0.856. The van der Waals surface area contributed by atoms with Crippen LogP contribution in [0, 0.1) is 13.8 Å². The lowest BCUT2D eigenvalue weighted by Gasteiger charge is -2.20. The summed E-state index contributed by atoms with van der Waals surface area (Å²) in [7, 11) is 4.21. The number of fused-ring (bicyclic) bond motifs is 1. The molecule has 1 aromatic heterocycles. The Morgan fingerprint density at radius 1 is 1.15 bits per heavy atom. The van der Waals surface area contributed by atoms with Crippen LogP contribution in [0.5, 0.6) is 0 Å². The average Bonchev–Trinajstić information content (AvgIpc) is 2.99. The van der Waals surface area contributed by atoms with Gasteiger partial charge in [0.05, 0.1) is 43.8 Å². The summed E-state index contributed by atoms with van der Waals surface area (Å²) in [6.07, 6.45) is 0.400. The molecular formula is C21H26N3OS+. The number of carbonyl (C=O) groups excluding carboxylic acids is 1. The number of aryl methyl sites for hydroxylation is 2. The third-order valence-corrected chi connectivity index (χ3v) is 5.60. The lowest BCUT2D eigenvalue weighted by atomic mass is 10.1. The van der Waals surface area contributed by atoms with Crippen LogP contribution in [-0.4, -0.2) is 38.1 Å².